The van der Waals surface area contributed by atoms with Gasteiger partial charge in [0.2, 0.25) is 0 Å². The van der Waals surface area contributed by atoms with E-state index in [0.717, 1.165) is 0 Å². The topological polar surface area (TPSA) is 26.0 Å². The van der Waals surface area contributed by atoms with E-state index in [4.69, 9.17) is 39.0 Å². The number of rotatable bonds is 0. The average molecular weight is 166 g/mol. The van der Waals surface area contributed by atoms with Crippen LogP contribution >= 0.6 is 43.8 Å². The summed E-state index contributed by atoms with van der Waals surface area (Å²) in [5.74, 6) is 0. The quantitative estimate of drug-likeness (QED) is 0.431. The van der Waals surface area contributed by atoms with E-state index in [2.05, 4.69) is 0 Å². The number of nitrogens with two attached hydrogens (primary N) is 1. The van der Waals surface area contributed by atoms with E-state index in [1.165, 1.54) is 0 Å². The van der Waals surface area contributed by atoms with E-state index < -0.39 is 9.88 Å². The van der Waals surface area contributed by atoms with Gasteiger partial charge in [-0.2, -0.15) is 0 Å². The Morgan fingerprint density at radius 3 is 1.67 bits per heavy atom. The Morgan fingerprint density at radius 1 is 1.50 bits per heavy atom. The first-order chi connectivity index (χ1) is 2.64. The summed E-state index contributed by atoms with van der Waals surface area (Å²) in [5.41, 5.74) is 0. The standard InChI is InChI=1S/CH2Cl3NS/c2-1(3)6(4)5/h5H2. The highest BCUT2D eigenvalue weighted by Crippen LogP contribution is 2.14. The van der Waals surface area contributed by atoms with E-state index in [1.807, 2.05) is 0 Å². The Kier molecular flexibility index (Phi) is 3.65. The molecule has 2 N–H and O–H groups in total. The summed E-state index contributed by atoms with van der Waals surface area (Å²) in [5, 5.41) is 4.93. The molecule has 5 heteroatoms. The Hall–Kier alpha value is 1.05. The van der Waals surface area contributed by atoms with Crippen LogP contribution < -0.4 is 5.14 Å². The van der Waals surface area contributed by atoms with Crippen LogP contribution in [-0.4, -0.2) is 3.78 Å². The van der Waals surface area contributed by atoms with Crippen molar-refractivity contribution in [3.05, 3.63) is 0 Å². The monoisotopic (exact) mass is 165 g/mol. The van der Waals surface area contributed by atoms with Crippen molar-refractivity contribution in [2.24, 2.45) is 5.14 Å². The van der Waals surface area contributed by atoms with E-state index in [-0.39, 0.29) is 3.78 Å². The molecule has 6 heavy (non-hydrogen) atoms. The van der Waals surface area contributed by atoms with Gasteiger partial charge >= 0.3 is 0 Å². The molecule has 0 aliphatic carbocycles. The van der Waals surface area contributed by atoms with Gasteiger partial charge in [-0.05, 0) is 10.7 Å². The minimum Gasteiger partial charge on any atom is -0.269 e. The molecule has 0 aromatic heterocycles. The fourth-order valence-corrected chi connectivity index (χ4v) is 0. The van der Waals surface area contributed by atoms with E-state index in [1.54, 1.807) is 0 Å². The zero-order valence-corrected chi connectivity index (χ0v) is 5.70. The van der Waals surface area contributed by atoms with Gasteiger partial charge in [-0.1, -0.05) is 23.2 Å². The van der Waals surface area contributed by atoms with Gasteiger partial charge in [0, 0.05) is 9.88 Å². The fraction of sp³-hybridized carbons (Fsp3) is 0. The lowest BCUT2D eigenvalue weighted by Gasteiger charge is -1.81. The summed E-state index contributed by atoms with van der Waals surface area (Å²) in [4.78, 5) is 0. The van der Waals surface area contributed by atoms with Crippen LogP contribution in [0, 0.1) is 0 Å². The predicted octanol–water partition coefficient (Wildman–Crippen LogP) is 1.85. The summed E-state index contributed by atoms with van der Waals surface area (Å²) >= 11 is 10.1. The molecule has 0 bridgehead atoms. The van der Waals surface area contributed by atoms with Gasteiger partial charge < -0.3 is 0 Å². The van der Waals surface area contributed by atoms with Gasteiger partial charge in [0.25, 0.3) is 0 Å². The molecule has 38 valence electrons. The smallest absolute Gasteiger partial charge is 0.158 e. The van der Waals surface area contributed by atoms with Gasteiger partial charge in [0.05, 0.1) is 0 Å². The molecule has 0 rings (SSSR count). The third kappa shape index (κ3) is 3.25. The largest absolute Gasteiger partial charge is 0.269 e. The SMILES string of the molecule is NS(Cl)=C(Cl)Cl. The van der Waals surface area contributed by atoms with Crippen LogP contribution in [0.15, 0.2) is 0 Å². The molecule has 0 aromatic carbocycles. The van der Waals surface area contributed by atoms with Gasteiger partial charge in [-0.3, -0.25) is 5.14 Å². The molecule has 0 aliphatic heterocycles. The lowest BCUT2D eigenvalue weighted by atomic mass is 11.9. The highest BCUT2D eigenvalue weighted by molar-refractivity contribution is 8.35. The Bertz CT molecular complexity index is 60.9. The second-order valence-corrected chi connectivity index (χ2v) is 3.88. The van der Waals surface area contributed by atoms with Crippen molar-refractivity contribution >= 4 is 47.6 Å². The molecule has 0 heterocycles. The maximum absolute atomic E-state index is 5.12. The molecule has 0 spiro atoms. The second-order valence-electron chi connectivity index (χ2n) is 0.510. The van der Waals surface area contributed by atoms with E-state index in [9.17, 15) is 0 Å². The first-order valence-corrected chi connectivity index (χ1v) is 3.84. The van der Waals surface area contributed by atoms with Crippen molar-refractivity contribution in [3.8, 4) is 0 Å². The maximum Gasteiger partial charge on any atom is 0.158 e. The minimum absolute atomic E-state index is 0.0247. The fourth-order valence-electron chi connectivity index (χ4n) is 0. The molecule has 1 nitrogen and oxygen atoms in total. The third-order valence-electron chi connectivity index (χ3n) is 0.147. The Labute approximate surface area is 52.9 Å². The van der Waals surface area contributed by atoms with Crippen LogP contribution in [0.4, 0.5) is 0 Å². The first kappa shape index (κ1) is 7.05. The van der Waals surface area contributed by atoms with Gasteiger partial charge in [-0.15, -0.1) is 0 Å². The van der Waals surface area contributed by atoms with Crippen LogP contribution in [0.5, 0.6) is 0 Å². The third-order valence-corrected chi connectivity index (χ3v) is 2.38. The van der Waals surface area contributed by atoms with Crippen molar-refractivity contribution in [1.82, 2.24) is 0 Å². The molecule has 1 unspecified atom stereocenters. The number of halogens is 3. The Balaban J connectivity index is 3.68. The van der Waals surface area contributed by atoms with Crippen molar-refractivity contribution in [3.63, 3.8) is 0 Å². The van der Waals surface area contributed by atoms with Crippen molar-refractivity contribution in [2.45, 2.75) is 0 Å². The maximum atomic E-state index is 5.12. The molecule has 0 radical (unpaired) electrons. The summed E-state index contributed by atoms with van der Waals surface area (Å²) in [6, 6.07) is 0. The van der Waals surface area contributed by atoms with Crippen molar-refractivity contribution in [2.75, 3.05) is 0 Å². The van der Waals surface area contributed by atoms with Crippen LogP contribution in [0.1, 0.15) is 0 Å². The van der Waals surface area contributed by atoms with Crippen LogP contribution in [0.25, 0.3) is 0 Å². The lowest BCUT2D eigenvalue weighted by Crippen LogP contribution is -1.78. The highest BCUT2D eigenvalue weighted by atomic mass is 35.7. The molecule has 0 aromatic rings. The molecule has 0 aliphatic rings. The normalized spacial score (nSPS) is 14.0. The minimum atomic E-state index is -0.948. The van der Waals surface area contributed by atoms with Crippen LogP contribution in [0.3, 0.4) is 0 Å². The molecule has 0 saturated carbocycles. The zero-order chi connectivity index (χ0) is 5.15. The number of hydrogen-bond acceptors (Lipinski definition) is 1. The van der Waals surface area contributed by atoms with Crippen LogP contribution in [-0.2, 0) is 0 Å². The Morgan fingerprint density at radius 2 is 1.67 bits per heavy atom. The van der Waals surface area contributed by atoms with E-state index in [0.29, 0.717) is 0 Å². The van der Waals surface area contributed by atoms with Crippen molar-refractivity contribution in [1.29, 1.82) is 0 Å². The van der Waals surface area contributed by atoms with Gasteiger partial charge in [0.1, 0.15) is 0 Å². The molecular weight excluding hydrogens is 164 g/mol. The molecule has 0 fully saturated rings. The van der Waals surface area contributed by atoms with E-state index >= 15 is 0 Å². The molecule has 0 amide bonds. The number of hydrogen-bond donors (Lipinski definition) is 1. The highest BCUT2D eigenvalue weighted by Gasteiger charge is 1.83. The average Bonchev–Trinajstić information content (AvgIpc) is 1.36. The second kappa shape index (κ2) is 3.10. The predicted molar refractivity (Wildman–Crippen MR) is 34.3 cm³/mol. The van der Waals surface area contributed by atoms with Crippen LogP contribution in [0.2, 0.25) is 0 Å². The summed E-state index contributed by atoms with van der Waals surface area (Å²) in [6.45, 7) is 0. The summed E-state index contributed by atoms with van der Waals surface area (Å²) in [7, 11) is 4.17. The van der Waals surface area contributed by atoms with Crippen molar-refractivity contribution < 1.29 is 0 Å². The van der Waals surface area contributed by atoms with Gasteiger partial charge in [0.15, 0.2) is 3.78 Å². The summed E-state index contributed by atoms with van der Waals surface area (Å²) in [6.07, 6.45) is 0. The molecule has 1 atom stereocenters. The molecular formula is CH2Cl3NS. The summed E-state index contributed by atoms with van der Waals surface area (Å²) < 4.78 is 0.0247. The lowest BCUT2D eigenvalue weighted by molar-refractivity contribution is 2.06. The molecule has 0 saturated heterocycles. The zero-order valence-electron chi connectivity index (χ0n) is 2.62. The van der Waals surface area contributed by atoms with Gasteiger partial charge in [-0.25, -0.2) is 0 Å². The first-order valence-electron chi connectivity index (χ1n) is 0.972.